The Kier molecular flexibility index (Phi) is 7.83. The fourth-order valence-electron chi connectivity index (χ4n) is 2.78. The second kappa shape index (κ2) is 9.13. The first-order valence-electron chi connectivity index (χ1n) is 7.70. The number of anilines is 1. The van der Waals surface area contributed by atoms with Crippen molar-refractivity contribution in [2.75, 3.05) is 18.4 Å². The van der Waals surface area contributed by atoms with E-state index in [1.807, 2.05) is 0 Å². The summed E-state index contributed by atoms with van der Waals surface area (Å²) in [6, 6.07) is 5.15. The number of benzene rings is 1. The SMILES string of the molecule is CC(CC(=O)Nc1ccc(OC(F)(F)F)cc1)C1CCCNC1.Cl. The molecule has 1 amide bonds. The summed E-state index contributed by atoms with van der Waals surface area (Å²) in [5.41, 5.74) is 0.457. The lowest BCUT2D eigenvalue weighted by molar-refractivity contribution is -0.274. The molecule has 0 aliphatic carbocycles. The molecule has 1 aliphatic rings. The monoisotopic (exact) mass is 366 g/mol. The van der Waals surface area contributed by atoms with Gasteiger partial charge in [-0.15, -0.1) is 25.6 Å². The lowest BCUT2D eigenvalue weighted by atomic mass is 9.85. The molecule has 0 aromatic heterocycles. The van der Waals surface area contributed by atoms with Crippen LogP contribution in [-0.2, 0) is 4.79 Å². The van der Waals surface area contributed by atoms with Gasteiger partial charge in [0.2, 0.25) is 5.91 Å². The van der Waals surface area contributed by atoms with E-state index in [0.29, 0.717) is 18.0 Å². The molecule has 1 aliphatic heterocycles. The largest absolute Gasteiger partial charge is 0.573 e. The van der Waals surface area contributed by atoms with Gasteiger partial charge in [0.15, 0.2) is 0 Å². The van der Waals surface area contributed by atoms with E-state index in [-0.39, 0.29) is 30.0 Å². The van der Waals surface area contributed by atoms with E-state index in [4.69, 9.17) is 0 Å². The number of amides is 1. The number of rotatable bonds is 5. The number of hydrogen-bond acceptors (Lipinski definition) is 3. The van der Waals surface area contributed by atoms with Crippen LogP contribution in [0.15, 0.2) is 24.3 Å². The van der Waals surface area contributed by atoms with Crippen LogP contribution in [0.2, 0.25) is 0 Å². The molecule has 24 heavy (non-hydrogen) atoms. The fourth-order valence-corrected chi connectivity index (χ4v) is 2.78. The molecule has 1 heterocycles. The van der Waals surface area contributed by atoms with Gasteiger partial charge < -0.3 is 15.4 Å². The molecule has 1 aromatic carbocycles. The smallest absolute Gasteiger partial charge is 0.406 e. The van der Waals surface area contributed by atoms with Crippen LogP contribution in [0.25, 0.3) is 0 Å². The topological polar surface area (TPSA) is 50.4 Å². The molecule has 1 saturated heterocycles. The lowest BCUT2D eigenvalue weighted by Gasteiger charge is -2.28. The highest BCUT2D eigenvalue weighted by molar-refractivity contribution is 5.90. The van der Waals surface area contributed by atoms with Crippen molar-refractivity contribution in [3.05, 3.63) is 24.3 Å². The summed E-state index contributed by atoms with van der Waals surface area (Å²) in [5, 5.41) is 6.03. The third kappa shape index (κ3) is 6.97. The van der Waals surface area contributed by atoms with Gasteiger partial charge in [-0.3, -0.25) is 4.79 Å². The Morgan fingerprint density at radius 3 is 2.58 bits per heavy atom. The van der Waals surface area contributed by atoms with Gasteiger partial charge in [-0.2, -0.15) is 0 Å². The van der Waals surface area contributed by atoms with Gasteiger partial charge in [-0.1, -0.05) is 6.92 Å². The standard InChI is InChI=1S/C16H21F3N2O2.ClH/c1-11(12-3-2-8-20-10-12)9-15(22)21-13-4-6-14(7-5-13)23-16(17,18)19;/h4-7,11-12,20H,2-3,8-10H2,1H3,(H,21,22);1H. The normalized spacial score (nSPS) is 19.1. The average Bonchev–Trinajstić information content (AvgIpc) is 2.48. The van der Waals surface area contributed by atoms with Crippen LogP contribution in [0.3, 0.4) is 0 Å². The highest BCUT2D eigenvalue weighted by Crippen LogP contribution is 2.25. The average molecular weight is 367 g/mol. The van der Waals surface area contributed by atoms with E-state index >= 15 is 0 Å². The van der Waals surface area contributed by atoms with Crippen molar-refractivity contribution in [3.8, 4) is 5.75 Å². The van der Waals surface area contributed by atoms with Gasteiger partial charge in [-0.05, 0) is 62.0 Å². The van der Waals surface area contributed by atoms with Crippen LogP contribution in [0.5, 0.6) is 5.75 Å². The summed E-state index contributed by atoms with van der Waals surface area (Å²) in [7, 11) is 0. The fraction of sp³-hybridized carbons (Fsp3) is 0.562. The lowest BCUT2D eigenvalue weighted by Crippen LogP contribution is -2.34. The van der Waals surface area contributed by atoms with E-state index in [9.17, 15) is 18.0 Å². The van der Waals surface area contributed by atoms with Crippen molar-refractivity contribution in [1.82, 2.24) is 5.32 Å². The minimum absolute atomic E-state index is 0. The Balaban J connectivity index is 0.00000288. The van der Waals surface area contributed by atoms with E-state index in [1.54, 1.807) is 0 Å². The molecule has 2 N–H and O–H groups in total. The number of carbonyl (C=O) groups excluding carboxylic acids is 1. The van der Waals surface area contributed by atoms with Crippen LogP contribution in [0.4, 0.5) is 18.9 Å². The zero-order chi connectivity index (χ0) is 16.9. The van der Waals surface area contributed by atoms with Gasteiger partial charge in [0.1, 0.15) is 5.75 Å². The van der Waals surface area contributed by atoms with Crippen molar-refractivity contribution in [2.24, 2.45) is 11.8 Å². The van der Waals surface area contributed by atoms with Crippen molar-refractivity contribution >= 4 is 24.0 Å². The molecular formula is C16H22ClF3N2O2. The molecule has 136 valence electrons. The first-order valence-corrected chi connectivity index (χ1v) is 7.70. The van der Waals surface area contributed by atoms with Gasteiger partial charge in [0.25, 0.3) is 0 Å². The van der Waals surface area contributed by atoms with Crippen LogP contribution >= 0.6 is 12.4 Å². The Hall–Kier alpha value is -1.47. The predicted octanol–water partition coefficient (Wildman–Crippen LogP) is 3.97. The minimum Gasteiger partial charge on any atom is -0.406 e. The molecule has 0 radical (unpaired) electrons. The number of piperidine rings is 1. The second-order valence-electron chi connectivity index (χ2n) is 5.91. The van der Waals surface area contributed by atoms with Crippen molar-refractivity contribution in [3.63, 3.8) is 0 Å². The Morgan fingerprint density at radius 2 is 2.04 bits per heavy atom. The maximum atomic E-state index is 12.1. The minimum atomic E-state index is -4.71. The summed E-state index contributed by atoms with van der Waals surface area (Å²) >= 11 is 0. The van der Waals surface area contributed by atoms with Crippen molar-refractivity contribution < 1.29 is 22.7 Å². The van der Waals surface area contributed by atoms with E-state index in [1.165, 1.54) is 24.3 Å². The number of halogens is 4. The first-order chi connectivity index (χ1) is 10.8. The summed E-state index contributed by atoms with van der Waals surface area (Å²) in [6.07, 6.45) is -2.08. The number of carbonyl (C=O) groups is 1. The molecule has 0 bridgehead atoms. The molecule has 0 saturated carbocycles. The van der Waals surface area contributed by atoms with E-state index < -0.39 is 6.36 Å². The molecule has 2 atom stereocenters. The Bertz CT molecular complexity index is 517. The molecular weight excluding hydrogens is 345 g/mol. The van der Waals surface area contributed by atoms with Crippen LogP contribution in [-0.4, -0.2) is 25.4 Å². The third-order valence-electron chi connectivity index (χ3n) is 4.02. The first kappa shape index (κ1) is 20.6. The van der Waals surface area contributed by atoms with Gasteiger partial charge >= 0.3 is 6.36 Å². The Morgan fingerprint density at radius 1 is 1.38 bits per heavy atom. The molecule has 0 spiro atoms. The van der Waals surface area contributed by atoms with E-state index in [2.05, 4.69) is 22.3 Å². The number of alkyl halides is 3. The highest BCUT2D eigenvalue weighted by Gasteiger charge is 2.31. The van der Waals surface area contributed by atoms with Gasteiger partial charge in [-0.25, -0.2) is 0 Å². The zero-order valence-corrected chi connectivity index (χ0v) is 14.2. The second-order valence-corrected chi connectivity index (χ2v) is 5.91. The molecule has 2 rings (SSSR count). The van der Waals surface area contributed by atoms with Gasteiger partial charge in [0.05, 0.1) is 0 Å². The van der Waals surface area contributed by atoms with Crippen LogP contribution < -0.4 is 15.4 Å². The number of ether oxygens (including phenoxy) is 1. The quantitative estimate of drug-likeness (QED) is 0.829. The third-order valence-corrected chi connectivity index (χ3v) is 4.02. The summed E-state index contributed by atoms with van der Waals surface area (Å²) in [4.78, 5) is 12.0. The van der Waals surface area contributed by atoms with Crippen LogP contribution in [0.1, 0.15) is 26.2 Å². The Labute approximate surface area is 145 Å². The summed E-state index contributed by atoms with van der Waals surface area (Å²) in [5.74, 6) is 0.303. The van der Waals surface area contributed by atoms with Crippen molar-refractivity contribution in [1.29, 1.82) is 0 Å². The molecule has 1 fully saturated rings. The van der Waals surface area contributed by atoms with E-state index in [0.717, 1.165) is 25.9 Å². The summed E-state index contributed by atoms with van der Waals surface area (Å²) < 4.78 is 40.0. The molecule has 2 unspecified atom stereocenters. The van der Waals surface area contributed by atoms with Gasteiger partial charge in [0, 0.05) is 12.1 Å². The van der Waals surface area contributed by atoms with Crippen molar-refractivity contribution in [2.45, 2.75) is 32.5 Å². The highest BCUT2D eigenvalue weighted by atomic mass is 35.5. The maximum Gasteiger partial charge on any atom is 0.573 e. The number of nitrogens with one attached hydrogen (secondary N) is 2. The maximum absolute atomic E-state index is 12.1. The molecule has 1 aromatic rings. The number of hydrogen-bond donors (Lipinski definition) is 2. The van der Waals surface area contributed by atoms with Crippen LogP contribution in [0, 0.1) is 11.8 Å². The molecule has 8 heteroatoms. The predicted molar refractivity (Wildman–Crippen MR) is 88.4 cm³/mol. The summed E-state index contributed by atoms with van der Waals surface area (Å²) in [6.45, 7) is 4.01. The molecule has 4 nitrogen and oxygen atoms in total. The zero-order valence-electron chi connectivity index (χ0n) is 13.4.